The molecule has 0 saturated carbocycles. The molecule has 2 N–H and O–H groups in total. The highest BCUT2D eigenvalue weighted by Crippen LogP contribution is 2.20. The van der Waals surface area contributed by atoms with E-state index >= 15 is 0 Å². The van der Waals surface area contributed by atoms with Gasteiger partial charge in [-0.25, -0.2) is 0 Å². The number of nitrogens with one attached hydrogen (secondary N) is 2. The number of carbonyl (C=O) groups is 1. The molecule has 1 rings (SSSR count). The normalized spacial score (nSPS) is 11.2. The van der Waals surface area contributed by atoms with Gasteiger partial charge in [0.15, 0.2) is 0 Å². The second kappa shape index (κ2) is 7.12. The molecule has 0 spiro atoms. The van der Waals surface area contributed by atoms with E-state index in [0.717, 1.165) is 31.5 Å². The van der Waals surface area contributed by atoms with Crippen LogP contribution in [0.2, 0.25) is 0 Å². The zero-order valence-corrected chi connectivity index (χ0v) is 12.4. The third kappa shape index (κ3) is 3.94. The number of aromatic nitrogens is 1. The molecule has 4 heteroatoms. The zero-order valence-electron chi connectivity index (χ0n) is 12.4. The Morgan fingerprint density at radius 1 is 1.21 bits per heavy atom. The summed E-state index contributed by atoms with van der Waals surface area (Å²) in [4.78, 5) is 16.4. The van der Waals surface area contributed by atoms with Crippen molar-refractivity contribution in [1.82, 2.24) is 10.3 Å². The van der Waals surface area contributed by atoms with Crippen LogP contribution < -0.4 is 10.6 Å². The molecule has 19 heavy (non-hydrogen) atoms. The number of hydrogen-bond acceptors (Lipinski definition) is 3. The molecular weight excluding hydrogens is 238 g/mol. The van der Waals surface area contributed by atoms with Gasteiger partial charge in [0.25, 0.3) is 5.91 Å². The first-order chi connectivity index (χ1) is 9.10. The van der Waals surface area contributed by atoms with E-state index in [2.05, 4.69) is 36.4 Å². The van der Waals surface area contributed by atoms with Crippen molar-refractivity contribution in [3.63, 3.8) is 0 Å². The molecule has 106 valence electrons. The predicted octanol–water partition coefficient (Wildman–Crippen LogP) is 3.21. The van der Waals surface area contributed by atoms with Gasteiger partial charge >= 0.3 is 0 Å². The van der Waals surface area contributed by atoms with E-state index in [1.54, 1.807) is 12.3 Å². The van der Waals surface area contributed by atoms with Crippen LogP contribution in [0.15, 0.2) is 18.3 Å². The zero-order chi connectivity index (χ0) is 14.3. The highest BCUT2D eigenvalue weighted by atomic mass is 16.2. The van der Waals surface area contributed by atoms with Gasteiger partial charge in [-0.3, -0.25) is 9.78 Å². The average molecular weight is 263 g/mol. The summed E-state index contributed by atoms with van der Waals surface area (Å²) < 4.78 is 0. The summed E-state index contributed by atoms with van der Waals surface area (Å²) in [6.45, 7) is 9.17. The van der Waals surface area contributed by atoms with Gasteiger partial charge in [-0.1, -0.05) is 20.8 Å². The van der Waals surface area contributed by atoms with Gasteiger partial charge in [0.05, 0.1) is 0 Å². The fourth-order valence-electron chi connectivity index (χ4n) is 2.19. The fourth-order valence-corrected chi connectivity index (χ4v) is 2.19. The van der Waals surface area contributed by atoms with Crippen molar-refractivity contribution >= 4 is 11.6 Å². The lowest BCUT2D eigenvalue weighted by molar-refractivity contribution is 0.0883. The van der Waals surface area contributed by atoms with E-state index in [1.807, 2.05) is 13.0 Å². The summed E-state index contributed by atoms with van der Waals surface area (Å²) in [5.74, 6) is -0.0923. The van der Waals surface area contributed by atoms with E-state index in [1.165, 1.54) is 0 Å². The second-order valence-electron chi connectivity index (χ2n) is 4.76. The standard InChI is InChI=1S/C15H25N3O/c1-5-15(6-2,7-3)18-14(19)13-11-12(16-8-4)9-10-17-13/h9-11H,5-8H2,1-4H3,(H,16,17)(H,18,19). The molecule has 0 radical (unpaired) electrons. The molecule has 1 aromatic rings. The van der Waals surface area contributed by atoms with Crippen molar-refractivity contribution in [3.8, 4) is 0 Å². The number of hydrogen-bond donors (Lipinski definition) is 2. The number of amides is 1. The highest BCUT2D eigenvalue weighted by molar-refractivity contribution is 5.93. The molecule has 1 amide bonds. The van der Waals surface area contributed by atoms with E-state index in [9.17, 15) is 4.79 Å². The molecule has 0 unspecified atom stereocenters. The van der Waals surface area contributed by atoms with Gasteiger partial charge in [0, 0.05) is 24.0 Å². The van der Waals surface area contributed by atoms with Gasteiger partial charge in [0.1, 0.15) is 5.69 Å². The van der Waals surface area contributed by atoms with Crippen LogP contribution in [0.25, 0.3) is 0 Å². The van der Waals surface area contributed by atoms with Crippen molar-refractivity contribution < 1.29 is 4.79 Å². The van der Waals surface area contributed by atoms with Crippen molar-refractivity contribution in [2.45, 2.75) is 52.5 Å². The number of nitrogens with zero attached hydrogens (tertiary/aromatic N) is 1. The van der Waals surface area contributed by atoms with E-state index in [-0.39, 0.29) is 11.4 Å². The first kappa shape index (κ1) is 15.5. The smallest absolute Gasteiger partial charge is 0.270 e. The fraction of sp³-hybridized carbons (Fsp3) is 0.600. The van der Waals surface area contributed by atoms with Crippen LogP contribution >= 0.6 is 0 Å². The quantitative estimate of drug-likeness (QED) is 0.794. The summed E-state index contributed by atoms with van der Waals surface area (Å²) in [6.07, 6.45) is 4.45. The molecule has 4 nitrogen and oxygen atoms in total. The number of anilines is 1. The van der Waals surface area contributed by atoms with Crippen LogP contribution in [0.4, 0.5) is 5.69 Å². The molecule has 0 aromatic carbocycles. The van der Waals surface area contributed by atoms with Gasteiger partial charge < -0.3 is 10.6 Å². The molecule has 0 bridgehead atoms. The van der Waals surface area contributed by atoms with Gasteiger partial charge in [0.2, 0.25) is 0 Å². The Morgan fingerprint density at radius 2 is 1.84 bits per heavy atom. The monoisotopic (exact) mass is 263 g/mol. The summed E-state index contributed by atoms with van der Waals surface area (Å²) in [5, 5.41) is 6.32. The lowest BCUT2D eigenvalue weighted by atomic mass is 9.89. The molecule has 0 fully saturated rings. The molecule has 0 aliphatic rings. The van der Waals surface area contributed by atoms with Crippen LogP contribution in [0.5, 0.6) is 0 Å². The number of pyridine rings is 1. The van der Waals surface area contributed by atoms with Crippen LogP contribution in [0.3, 0.4) is 0 Å². The Morgan fingerprint density at radius 3 is 2.37 bits per heavy atom. The summed E-state index contributed by atoms with van der Waals surface area (Å²) >= 11 is 0. The minimum Gasteiger partial charge on any atom is -0.385 e. The summed E-state index contributed by atoms with van der Waals surface area (Å²) in [5.41, 5.74) is 1.28. The first-order valence-corrected chi connectivity index (χ1v) is 7.13. The van der Waals surface area contributed by atoms with Crippen LogP contribution in [-0.2, 0) is 0 Å². The molecule has 0 saturated heterocycles. The maximum atomic E-state index is 12.3. The van der Waals surface area contributed by atoms with E-state index in [4.69, 9.17) is 0 Å². The Bertz CT molecular complexity index is 405. The Hall–Kier alpha value is -1.58. The maximum Gasteiger partial charge on any atom is 0.270 e. The molecular formula is C15H25N3O. The first-order valence-electron chi connectivity index (χ1n) is 7.13. The topological polar surface area (TPSA) is 54.0 Å². The Labute approximate surface area is 116 Å². The number of rotatable bonds is 7. The third-order valence-corrected chi connectivity index (χ3v) is 3.78. The predicted molar refractivity (Wildman–Crippen MR) is 79.5 cm³/mol. The maximum absolute atomic E-state index is 12.3. The van der Waals surface area contributed by atoms with Crippen molar-refractivity contribution in [2.75, 3.05) is 11.9 Å². The van der Waals surface area contributed by atoms with Crippen LogP contribution in [0.1, 0.15) is 57.4 Å². The van der Waals surface area contributed by atoms with E-state index in [0.29, 0.717) is 5.69 Å². The van der Waals surface area contributed by atoms with Gasteiger partial charge in [-0.15, -0.1) is 0 Å². The third-order valence-electron chi connectivity index (χ3n) is 3.78. The molecule has 0 aliphatic carbocycles. The molecule has 1 aromatic heterocycles. The lowest BCUT2D eigenvalue weighted by Gasteiger charge is -2.31. The Kier molecular flexibility index (Phi) is 5.80. The number of carbonyl (C=O) groups excluding carboxylic acids is 1. The van der Waals surface area contributed by atoms with Gasteiger partial charge in [-0.05, 0) is 38.3 Å². The van der Waals surface area contributed by atoms with Crippen molar-refractivity contribution in [2.24, 2.45) is 0 Å². The highest BCUT2D eigenvalue weighted by Gasteiger charge is 2.26. The molecule has 0 atom stereocenters. The average Bonchev–Trinajstić information content (AvgIpc) is 2.45. The minimum atomic E-state index is -0.118. The largest absolute Gasteiger partial charge is 0.385 e. The molecule has 1 heterocycles. The van der Waals surface area contributed by atoms with Gasteiger partial charge in [-0.2, -0.15) is 0 Å². The summed E-state index contributed by atoms with van der Waals surface area (Å²) in [7, 11) is 0. The Balaban J connectivity index is 2.85. The van der Waals surface area contributed by atoms with Crippen molar-refractivity contribution in [3.05, 3.63) is 24.0 Å². The minimum absolute atomic E-state index is 0.0923. The second-order valence-corrected chi connectivity index (χ2v) is 4.76. The van der Waals surface area contributed by atoms with Crippen LogP contribution in [0, 0.1) is 0 Å². The lowest BCUT2D eigenvalue weighted by Crippen LogP contribution is -2.47. The van der Waals surface area contributed by atoms with Crippen molar-refractivity contribution in [1.29, 1.82) is 0 Å². The molecule has 0 aliphatic heterocycles. The van der Waals surface area contributed by atoms with Crippen LogP contribution in [-0.4, -0.2) is 23.0 Å². The summed E-state index contributed by atoms with van der Waals surface area (Å²) in [6, 6.07) is 3.66. The van der Waals surface area contributed by atoms with E-state index < -0.39 is 0 Å². The SMILES string of the molecule is CCNc1ccnc(C(=O)NC(CC)(CC)CC)c1.